The molecule has 1 aromatic heterocycles. The highest BCUT2D eigenvalue weighted by Gasteiger charge is 2.34. The van der Waals surface area contributed by atoms with E-state index < -0.39 is 0 Å². The van der Waals surface area contributed by atoms with Crippen molar-refractivity contribution < 1.29 is 4.74 Å². The van der Waals surface area contributed by atoms with Gasteiger partial charge < -0.3 is 15.4 Å². The van der Waals surface area contributed by atoms with Gasteiger partial charge in [-0.1, -0.05) is 23.7 Å². The highest BCUT2D eigenvalue weighted by Crippen LogP contribution is 2.34. The molecule has 0 saturated carbocycles. The summed E-state index contributed by atoms with van der Waals surface area (Å²) in [4.78, 5) is 8.18. The Kier molecular flexibility index (Phi) is 5.60. The molecule has 1 fully saturated rings. The third kappa shape index (κ3) is 4.20. The number of hydrogen-bond acceptors (Lipinski definition) is 4. The van der Waals surface area contributed by atoms with Crippen molar-refractivity contribution in [3.63, 3.8) is 0 Å². The standard InChI is InChI=1S/C17H19ClN4OS/c18-14-3-1-13(2-4-14)17(5-9-23-10-6-17)12-21-16(24)22-15-11-19-7-8-20-15/h1-4,7-8,11H,5-6,9-10,12H2,(H2,20,21,22,24). The average molecular weight is 363 g/mol. The van der Waals surface area contributed by atoms with Crippen molar-refractivity contribution in [1.29, 1.82) is 0 Å². The minimum absolute atomic E-state index is 0.0169. The second-order valence-electron chi connectivity index (χ2n) is 5.80. The zero-order valence-electron chi connectivity index (χ0n) is 13.2. The number of halogens is 1. The Bertz CT molecular complexity index is 675. The van der Waals surface area contributed by atoms with Gasteiger partial charge in [-0.05, 0) is 42.8 Å². The van der Waals surface area contributed by atoms with E-state index in [9.17, 15) is 0 Å². The van der Waals surface area contributed by atoms with Gasteiger partial charge >= 0.3 is 0 Å². The van der Waals surface area contributed by atoms with Crippen LogP contribution in [0.3, 0.4) is 0 Å². The summed E-state index contributed by atoms with van der Waals surface area (Å²) in [7, 11) is 0. The molecule has 24 heavy (non-hydrogen) atoms. The Balaban J connectivity index is 1.68. The summed E-state index contributed by atoms with van der Waals surface area (Å²) in [5.74, 6) is 0.627. The molecule has 1 aliphatic heterocycles. The van der Waals surface area contributed by atoms with Gasteiger partial charge in [-0.15, -0.1) is 0 Å². The maximum atomic E-state index is 6.03. The first kappa shape index (κ1) is 17.1. The number of aromatic nitrogens is 2. The number of benzene rings is 1. The predicted octanol–water partition coefficient (Wildman–Crippen LogP) is 3.16. The third-order valence-corrected chi connectivity index (χ3v) is 4.80. The number of hydrogen-bond donors (Lipinski definition) is 2. The van der Waals surface area contributed by atoms with Crippen LogP contribution in [0.2, 0.25) is 5.02 Å². The molecule has 0 unspecified atom stereocenters. The molecule has 1 aromatic carbocycles. The topological polar surface area (TPSA) is 59.1 Å². The lowest BCUT2D eigenvalue weighted by Gasteiger charge is -2.38. The number of rotatable bonds is 4. The highest BCUT2D eigenvalue weighted by atomic mass is 35.5. The van der Waals surface area contributed by atoms with E-state index in [0.717, 1.165) is 37.6 Å². The molecule has 0 spiro atoms. The first-order valence-corrected chi connectivity index (χ1v) is 8.61. The second kappa shape index (κ2) is 7.88. The van der Waals surface area contributed by atoms with Crippen molar-refractivity contribution in [3.05, 3.63) is 53.4 Å². The Hall–Kier alpha value is -1.76. The van der Waals surface area contributed by atoms with E-state index in [1.165, 1.54) is 5.56 Å². The lowest BCUT2D eigenvalue weighted by molar-refractivity contribution is 0.0515. The van der Waals surface area contributed by atoms with Crippen LogP contribution < -0.4 is 10.6 Å². The van der Waals surface area contributed by atoms with Crippen LogP contribution in [0.5, 0.6) is 0 Å². The Labute approximate surface area is 151 Å². The van der Waals surface area contributed by atoms with Gasteiger partial charge in [0.05, 0.1) is 6.20 Å². The number of ether oxygens (including phenoxy) is 1. The normalized spacial score (nSPS) is 16.4. The summed E-state index contributed by atoms with van der Waals surface area (Å²) < 4.78 is 5.55. The maximum absolute atomic E-state index is 6.03. The Morgan fingerprint density at radius 1 is 1.21 bits per heavy atom. The van der Waals surface area contributed by atoms with Gasteiger partial charge in [-0.3, -0.25) is 4.98 Å². The minimum atomic E-state index is -0.0169. The summed E-state index contributed by atoms with van der Waals surface area (Å²) in [6, 6.07) is 8.05. The van der Waals surface area contributed by atoms with E-state index in [1.54, 1.807) is 18.6 Å². The van der Waals surface area contributed by atoms with Crippen molar-refractivity contribution in [3.8, 4) is 0 Å². The quantitative estimate of drug-likeness (QED) is 0.815. The SMILES string of the molecule is S=C(NCC1(c2ccc(Cl)cc2)CCOCC1)Nc1cnccn1. The summed E-state index contributed by atoms with van der Waals surface area (Å²) >= 11 is 11.4. The van der Waals surface area contributed by atoms with Gasteiger partial charge in [0.2, 0.25) is 0 Å². The molecule has 2 N–H and O–H groups in total. The van der Waals surface area contributed by atoms with Crippen LogP contribution in [0.4, 0.5) is 5.82 Å². The van der Waals surface area contributed by atoms with Gasteiger partial charge in [-0.25, -0.2) is 4.98 Å². The molecule has 2 heterocycles. The van der Waals surface area contributed by atoms with Crippen molar-refractivity contribution >= 4 is 34.7 Å². The maximum Gasteiger partial charge on any atom is 0.172 e. The minimum Gasteiger partial charge on any atom is -0.381 e. The molecule has 0 amide bonds. The average Bonchev–Trinajstić information content (AvgIpc) is 2.62. The fourth-order valence-electron chi connectivity index (χ4n) is 2.91. The number of nitrogens with zero attached hydrogens (tertiary/aromatic N) is 2. The van der Waals surface area contributed by atoms with Crippen molar-refractivity contribution in [2.24, 2.45) is 0 Å². The largest absolute Gasteiger partial charge is 0.381 e. The number of thiocarbonyl (C=S) groups is 1. The molecule has 126 valence electrons. The molecule has 0 atom stereocenters. The van der Waals surface area contributed by atoms with Crippen LogP contribution >= 0.6 is 23.8 Å². The van der Waals surface area contributed by atoms with Gasteiger partial charge in [0.25, 0.3) is 0 Å². The van der Waals surface area contributed by atoms with E-state index in [0.29, 0.717) is 10.9 Å². The van der Waals surface area contributed by atoms with Crippen molar-refractivity contribution in [2.45, 2.75) is 18.3 Å². The molecule has 0 bridgehead atoms. The van der Waals surface area contributed by atoms with E-state index in [-0.39, 0.29) is 5.41 Å². The Morgan fingerprint density at radius 2 is 1.96 bits per heavy atom. The summed E-state index contributed by atoms with van der Waals surface area (Å²) in [5.41, 5.74) is 1.24. The fourth-order valence-corrected chi connectivity index (χ4v) is 3.21. The van der Waals surface area contributed by atoms with Crippen LogP contribution in [0, 0.1) is 0 Å². The lowest BCUT2D eigenvalue weighted by atomic mass is 9.74. The summed E-state index contributed by atoms with van der Waals surface area (Å²) in [5, 5.41) is 7.65. The Morgan fingerprint density at radius 3 is 2.62 bits per heavy atom. The molecule has 1 aliphatic rings. The molecule has 5 nitrogen and oxygen atoms in total. The summed E-state index contributed by atoms with van der Waals surface area (Å²) in [6.07, 6.45) is 6.76. The monoisotopic (exact) mass is 362 g/mol. The highest BCUT2D eigenvalue weighted by molar-refractivity contribution is 7.80. The van der Waals surface area contributed by atoms with Gasteiger partial charge in [0.15, 0.2) is 10.9 Å². The zero-order chi connectivity index (χ0) is 16.8. The fraction of sp³-hybridized carbons (Fsp3) is 0.353. The molecule has 0 radical (unpaired) electrons. The van der Waals surface area contributed by atoms with E-state index in [4.69, 9.17) is 28.6 Å². The van der Waals surface area contributed by atoms with Crippen LogP contribution in [-0.2, 0) is 10.2 Å². The first-order valence-electron chi connectivity index (χ1n) is 7.83. The predicted molar refractivity (Wildman–Crippen MR) is 99.4 cm³/mol. The van der Waals surface area contributed by atoms with Crippen LogP contribution in [0.1, 0.15) is 18.4 Å². The summed E-state index contributed by atoms with van der Waals surface area (Å²) in [6.45, 7) is 2.22. The van der Waals surface area contributed by atoms with Gasteiger partial charge in [0.1, 0.15) is 0 Å². The molecule has 3 rings (SSSR count). The zero-order valence-corrected chi connectivity index (χ0v) is 14.7. The van der Waals surface area contributed by atoms with Crippen LogP contribution in [0.15, 0.2) is 42.9 Å². The molecule has 1 saturated heterocycles. The molecule has 2 aromatic rings. The first-order chi connectivity index (χ1) is 11.7. The van der Waals surface area contributed by atoms with Gasteiger partial charge in [-0.2, -0.15) is 0 Å². The van der Waals surface area contributed by atoms with E-state index >= 15 is 0 Å². The number of nitrogens with one attached hydrogen (secondary N) is 2. The molecular formula is C17H19ClN4OS. The second-order valence-corrected chi connectivity index (χ2v) is 6.64. The van der Waals surface area contributed by atoms with Crippen LogP contribution in [-0.4, -0.2) is 34.8 Å². The lowest BCUT2D eigenvalue weighted by Crippen LogP contribution is -2.45. The molecule has 7 heteroatoms. The van der Waals surface area contributed by atoms with E-state index in [1.807, 2.05) is 12.1 Å². The molecular weight excluding hydrogens is 344 g/mol. The smallest absolute Gasteiger partial charge is 0.172 e. The van der Waals surface area contributed by atoms with Crippen molar-refractivity contribution in [1.82, 2.24) is 15.3 Å². The van der Waals surface area contributed by atoms with Crippen LogP contribution in [0.25, 0.3) is 0 Å². The number of anilines is 1. The van der Waals surface area contributed by atoms with E-state index in [2.05, 4.69) is 32.7 Å². The molecule has 0 aliphatic carbocycles. The van der Waals surface area contributed by atoms with Crippen molar-refractivity contribution in [2.75, 3.05) is 25.1 Å². The van der Waals surface area contributed by atoms with Gasteiger partial charge in [0, 0.05) is 42.6 Å². The third-order valence-electron chi connectivity index (χ3n) is 4.30.